The monoisotopic (exact) mass is 404 g/mol. The number of thioether (sulfide) groups is 1. The fraction of sp³-hybridized carbons (Fsp3) is 0.571. The molecule has 0 aliphatic carbocycles. The number of nitrogens with zero attached hydrogens (tertiary/aromatic N) is 3. The van der Waals surface area contributed by atoms with Gasteiger partial charge in [-0.3, -0.25) is 4.79 Å². The van der Waals surface area contributed by atoms with Crippen molar-refractivity contribution in [1.82, 2.24) is 20.1 Å². The molecule has 0 unspecified atom stereocenters. The summed E-state index contributed by atoms with van der Waals surface area (Å²) in [6.45, 7) is 12.4. The summed E-state index contributed by atoms with van der Waals surface area (Å²) in [5.41, 5.74) is 1.28. The molecular weight excluding hydrogens is 372 g/mol. The molecule has 0 saturated carbocycles. The number of benzene rings is 1. The Bertz CT molecular complexity index is 741. The molecule has 0 atom stereocenters. The molecule has 1 heterocycles. The van der Waals surface area contributed by atoms with E-state index >= 15 is 0 Å². The highest BCUT2D eigenvalue weighted by Gasteiger charge is 2.16. The summed E-state index contributed by atoms with van der Waals surface area (Å²) in [7, 11) is 0. The van der Waals surface area contributed by atoms with E-state index in [2.05, 4.69) is 66.8 Å². The van der Waals surface area contributed by atoms with Crippen LogP contribution in [0, 0.1) is 11.8 Å². The lowest BCUT2D eigenvalue weighted by atomic mass is 10.2. The summed E-state index contributed by atoms with van der Waals surface area (Å²) in [6.07, 6.45) is 1.01. The SMILES string of the molecule is CCc1ccc(OCc2nnc(SCC(=O)NCC(C)C)n2CC(C)C)cc1. The third kappa shape index (κ3) is 7.19. The molecule has 0 aliphatic rings. The fourth-order valence-corrected chi connectivity index (χ4v) is 3.35. The first-order valence-electron chi connectivity index (χ1n) is 9.92. The zero-order valence-electron chi connectivity index (χ0n) is 17.6. The van der Waals surface area contributed by atoms with Crippen molar-refractivity contribution in [3.63, 3.8) is 0 Å². The van der Waals surface area contributed by atoms with Gasteiger partial charge in [0.05, 0.1) is 5.75 Å². The van der Waals surface area contributed by atoms with Crippen LogP contribution in [0.3, 0.4) is 0 Å². The van der Waals surface area contributed by atoms with Gasteiger partial charge in [-0.1, -0.05) is 58.5 Å². The molecule has 1 aromatic heterocycles. The van der Waals surface area contributed by atoms with Crippen molar-refractivity contribution in [2.45, 2.75) is 59.3 Å². The molecular formula is C21H32N4O2S. The van der Waals surface area contributed by atoms with Gasteiger partial charge >= 0.3 is 0 Å². The molecule has 0 fully saturated rings. The molecule has 0 radical (unpaired) electrons. The van der Waals surface area contributed by atoms with Gasteiger partial charge in [-0.25, -0.2) is 0 Å². The van der Waals surface area contributed by atoms with E-state index in [0.29, 0.717) is 30.7 Å². The average Bonchev–Trinajstić information content (AvgIpc) is 3.04. The molecule has 0 spiro atoms. The molecule has 0 bridgehead atoms. The Kier molecular flexibility index (Phi) is 8.83. The maximum Gasteiger partial charge on any atom is 0.230 e. The average molecular weight is 405 g/mol. The van der Waals surface area contributed by atoms with Crippen LogP contribution in [0.15, 0.2) is 29.4 Å². The van der Waals surface area contributed by atoms with E-state index in [1.54, 1.807) is 0 Å². The largest absolute Gasteiger partial charge is 0.486 e. The number of carbonyl (C=O) groups excluding carboxylic acids is 1. The lowest BCUT2D eigenvalue weighted by molar-refractivity contribution is -0.118. The van der Waals surface area contributed by atoms with Crippen molar-refractivity contribution >= 4 is 17.7 Å². The Hall–Kier alpha value is -2.02. The Balaban J connectivity index is 2.00. The first kappa shape index (κ1) is 22.3. The van der Waals surface area contributed by atoms with E-state index in [9.17, 15) is 4.79 Å². The number of aryl methyl sites for hydroxylation is 1. The number of hydrogen-bond acceptors (Lipinski definition) is 5. The molecule has 1 N–H and O–H groups in total. The number of nitrogens with one attached hydrogen (secondary N) is 1. The molecule has 154 valence electrons. The molecule has 28 heavy (non-hydrogen) atoms. The highest BCUT2D eigenvalue weighted by molar-refractivity contribution is 7.99. The van der Waals surface area contributed by atoms with Gasteiger partial charge in [-0.15, -0.1) is 10.2 Å². The zero-order valence-corrected chi connectivity index (χ0v) is 18.4. The topological polar surface area (TPSA) is 69.0 Å². The first-order valence-corrected chi connectivity index (χ1v) is 10.9. The van der Waals surface area contributed by atoms with Crippen LogP contribution in [0.1, 0.15) is 46.0 Å². The second-order valence-electron chi connectivity index (χ2n) is 7.68. The third-order valence-corrected chi connectivity index (χ3v) is 5.05. The molecule has 0 saturated heterocycles. The van der Waals surface area contributed by atoms with Gasteiger partial charge < -0.3 is 14.6 Å². The number of rotatable bonds is 11. The summed E-state index contributed by atoms with van der Waals surface area (Å²) in [5.74, 6) is 2.83. The van der Waals surface area contributed by atoms with Crippen LogP contribution < -0.4 is 10.1 Å². The maximum atomic E-state index is 12.0. The molecule has 6 nitrogen and oxygen atoms in total. The Morgan fingerprint density at radius 3 is 2.46 bits per heavy atom. The molecule has 1 aromatic carbocycles. The number of aromatic nitrogens is 3. The van der Waals surface area contributed by atoms with Crippen molar-refractivity contribution in [2.75, 3.05) is 12.3 Å². The van der Waals surface area contributed by atoms with Gasteiger partial charge in [0.15, 0.2) is 11.0 Å². The van der Waals surface area contributed by atoms with Crippen molar-refractivity contribution in [2.24, 2.45) is 11.8 Å². The quantitative estimate of drug-likeness (QED) is 0.575. The molecule has 7 heteroatoms. The van der Waals surface area contributed by atoms with E-state index in [4.69, 9.17) is 4.74 Å². The minimum Gasteiger partial charge on any atom is -0.486 e. The van der Waals surface area contributed by atoms with Crippen LogP contribution in [-0.4, -0.2) is 33.0 Å². The van der Waals surface area contributed by atoms with Crippen LogP contribution in [0.4, 0.5) is 0 Å². The summed E-state index contributed by atoms with van der Waals surface area (Å²) < 4.78 is 7.97. The predicted octanol–water partition coefficient (Wildman–Crippen LogP) is 3.94. The van der Waals surface area contributed by atoms with Crippen molar-refractivity contribution < 1.29 is 9.53 Å². The van der Waals surface area contributed by atoms with Gasteiger partial charge in [-0.05, 0) is 36.0 Å². The minimum atomic E-state index is 0.0200. The summed E-state index contributed by atoms with van der Waals surface area (Å²) in [6, 6.07) is 8.11. The third-order valence-electron chi connectivity index (χ3n) is 4.08. The highest BCUT2D eigenvalue weighted by Crippen LogP contribution is 2.20. The van der Waals surface area contributed by atoms with Gasteiger partial charge in [0.1, 0.15) is 12.4 Å². The standard InChI is InChI=1S/C21H32N4O2S/c1-6-17-7-9-18(10-8-17)27-13-19-23-24-21(25(19)12-16(4)5)28-14-20(26)22-11-15(2)3/h7-10,15-16H,6,11-14H2,1-5H3,(H,22,26). The van der Waals surface area contributed by atoms with Crippen LogP contribution >= 0.6 is 11.8 Å². The van der Waals surface area contributed by atoms with E-state index in [1.807, 2.05) is 12.1 Å². The molecule has 1 amide bonds. The van der Waals surface area contributed by atoms with Gasteiger partial charge in [-0.2, -0.15) is 0 Å². The lowest BCUT2D eigenvalue weighted by Gasteiger charge is -2.13. The van der Waals surface area contributed by atoms with E-state index < -0.39 is 0 Å². The number of amides is 1. The van der Waals surface area contributed by atoms with Crippen LogP contribution in [0.25, 0.3) is 0 Å². The number of carbonyl (C=O) groups is 1. The van der Waals surface area contributed by atoms with Crippen LogP contribution in [-0.2, 0) is 24.4 Å². The van der Waals surface area contributed by atoms with Crippen molar-refractivity contribution in [1.29, 1.82) is 0 Å². The van der Waals surface area contributed by atoms with Crippen LogP contribution in [0.2, 0.25) is 0 Å². The predicted molar refractivity (Wildman–Crippen MR) is 114 cm³/mol. The molecule has 0 aliphatic heterocycles. The van der Waals surface area contributed by atoms with E-state index in [-0.39, 0.29) is 5.91 Å². The van der Waals surface area contributed by atoms with Crippen molar-refractivity contribution in [3.8, 4) is 5.75 Å². The normalized spacial score (nSPS) is 11.2. The summed E-state index contributed by atoms with van der Waals surface area (Å²) in [5, 5.41) is 12.3. The minimum absolute atomic E-state index is 0.0200. The highest BCUT2D eigenvalue weighted by atomic mass is 32.2. The van der Waals surface area contributed by atoms with E-state index in [1.165, 1.54) is 17.3 Å². The Morgan fingerprint density at radius 1 is 1.14 bits per heavy atom. The second-order valence-corrected chi connectivity index (χ2v) is 8.62. The smallest absolute Gasteiger partial charge is 0.230 e. The van der Waals surface area contributed by atoms with Crippen molar-refractivity contribution in [3.05, 3.63) is 35.7 Å². The lowest BCUT2D eigenvalue weighted by Crippen LogP contribution is -2.28. The second kappa shape index (κ2) is 11.1. The van der Waals surface area contributed by atoms with Gasteiger partial charge in [0, 0.05) is 13.1 Å². The summed E-state index contributed by atoms with van der Waals surface area (Å²) >= 11 is 1.42. The molecule has 2 aromatic rings. The summed E-state index contributed by atoms with van der Waals surface area (Å²) in [4.78, 5) is 12.0. The van der Waals surface area contributed by atoms with Crippen LogP contribution in [0.5, 0.6) is 5.75 Å². The molecule has 2 rings (SSSR count). The number of ether oxygens (including phenoxy) is 1. The maximum absolute atomic E-state index is 12.0. The zero-order chi connectivity index (χ0) is 20.5. The first-order chi connectivity index (χ1) is 13.4. The van der Waals surface area contributed by atoms with E-state index in [0.717, 1.165) is 29.7 Å². The Labute approximate surface area is 172 Å². The Morgan fingerprint density at radius 2 is 1.86 bits per heavy atom. The fourth-order valence-electron chi connectivity index (χ4n) is 2.55. The van der Waals surface area contributed by atoms with Gasteiger partial charge in [0.2, 0.25) is 5.91 Å². The number of hydrogen-bond donors (Lipinski definition) is 1. The van der Waals surface area contributed by atoms with Gasteiger partial charge in [0.25, 0.3) is 0 Å².